The smallest absolute Gasteiger partial charge is 0.263 e. The number of hydrogen-bond donors (Lipinski definition) is 1. The van der Waals surface area contributed by atoms with Crippen LogP contribution in [0.5, 0.6) is 17.2 Å². The minimum Gasteiger partial charge on any atom is -0.493 e. The molecule has 8 nitrogen and oxygen atoms in total. The Morgan fingerprint density at radius 3 is 2.33 bits per heavy atom. The van der Waals surface area contributed by atoms with E-state index in [1.165, 1.54) is 12.7 Å². The molecule has 0 aliphatic rings. The van der Waals surface area contributed by atoms with Crippen molar-refractivity contribution < 1.29 is 23.6 Å². The number of ether oxygens (including phenoxy) is 3. The lowest BCUT2D eigenvalue weighted by atomic mass is 9.87. The Balaban J connectivity index is 1.65. The SMILES string of the molecule is COc1ccc(-c2nonc2NC(=O)COc2ccc(C(C)(C)C)cc2)cc1OC. The van der Waals surface area contributed by atoms with Crippen LogP contribution in [0.1, 0.15) is 26.3 Å². The Bertz CT molecular complexity index is 1010. The zero-order chi connectivity index (χ0) is 21.7. The average molecular weight is 411 g/mol. The van der Waals surface area contributed by atoms with Crippen molar-refractivity contribution in [3.63, 3.8) is 0 Å². The number of methoxy groups -OCH3 is 2. The zero-order valence-corrected chi connectivity index (χ0v) is 17.7. The number of anilines is 1. The molecule has 0 saturated carbocycles. The van der Waals surface area contributed by atoms with Gasteiger partial charge in [-0.15, -0.1) is 0 Å². The first-order valence-electron chi connectivity index (χ1n) is 9.40. The highest BCUT2D eigenvalue weighted by atomic mass is 16.6. The summed E-state index contributed by atoms with van der Waals surface area (Å²) < 4.78 is 20.9. The molecular formula is C22H25N3O5. The van der Waals surface area contributed by atoms with Crippen molar-refractivity contribution >= 4 is 11.7 Å². The second-order valence-electron chi connectivity index (χ2n) is 7.64. The summed E-state index contributed by atoms with van der Waals surface area (Å²) in [7, 11) is 3.09. The van der Waals surface area contributed by atoms with Gasteiger partial charge in [0.25, 0.3) is 5.91 Å². The van der Waals surface area contributed by atoms with E-state index in [0.717, 1.165) is 0 Å². The van der Waals surface area contributed by atoms with Crippen molar-refractivity contribution in [3.05, 3.63) is 48.0 Å². The molecule has 8 heteroatoms. The summed E-state index contributed by atoms with van der Waals surface area (Å²) in [6.07, 6.45) is 0. The Morgan fingerprint density at radius 2 is 1.70 bits per heavy atom. The molecule has 0 aliphatic heterocycles. The van der Waals surface area contributed by atoms with Gasteiger partial charge in [-0.25, -0.2) is 4.63 Å². The molecule has 2 aromatic carbocycles. The van der Waals surface area contributed by atoms with Crippen LogP contribution in [0.25, 0.3) is 11.3 Å². The zero-order valence-electron chi connectivity index (χ0n) is 17.7. The van der Waals surface area contributed by atoms with Gasteiger partial charge >= 0.3 is 0 Å². The molecule has 1 N–H and O–H groups in total. The van der Waals surface area contributed by atoms with Crippen LogP contribution in [-0.2, 0) is 10.2 Å². The van der Waals surface area contributed by atoms with Gasteiger partial charge in [0.15, 0.2) is 23.8 Å². The standard InChI is InChI=1S/C22H25N3O5/c1-22(2,3)15-7-9-16(10-8-15)29-13-19(26)23-21-20(24-30-25-21)14-6-11-17(27-4)18(12-14)28-5/h6-12H,13H2,1-5H3,(H,23,25,26). The Hall–Kier alpha value is -3.55. The van der Waals surface area contributed by atoms with Crippen LogP contribution < -0.4 is 19.5 Å². The number of nitrogens with zero attached hydrogens (tertiary/aromatic N) is 2. The van der Waals surface area contributed by atoms with Crippen LogP contribution in [0.4, 0.5) is 5.82 Å². The van der Waals surface area contributed by atoms with Crippen LogP contribution in [-0.4, -0.2) is 37.0 Å². The van der Waals surface area contributed by atoms with Gasteiger partial charge in [-0.05, 0) is 51.6 Å². The second-order valence-corrected chi connectivity index (χ2v) is 7.64. The molecule has 0 spiro atoms. The molecule has 0 aliphatic carbocycles. The lowest BCUT2D eigenvalue weighted by molar-refractivity contribution is -0.118. The summed E-state index contributed by atoms with van der Waals surface area (Å²) in [6, 6.07) is 12.9. The average Bonchev–Trinajstić information content (AvgIpc) is 3.19. The normalized spacial score (nSPS) is 11.1. The number of amides is 1. The Kier molecular flexibility index (Phi) is 6.25. The quantitative estimate of drug-likeness (QED) is 0.626. The van der Waals surface area contributed by atoms with Crippen LogP contribution in [0, 0.1) is 0 Å². The van der Waals surface area contributed by atoms with E-state index in [2.05, 4.69) is 36.4 Å². The van der Waals surface area contributed by atoms with E-state index >= 15 is 0 Å². The van der Waals surface area contributed by atoms with Crippen LogP contribution in [0.2, 0.25) is 0 Å². The van der Waals surface area contributed by atoms with Crippen molar-refractivity contribution in [1.29, 1.82) is 0 Å². The van der Waals surface area contributed by atoms with Crippen molar-refractivity contribution in [2.75, 3.05) is 26.1 Å². The molecule has 30 heavy (non-hydrogen) atoms. The number of carbonyl (C=O) groups is 1. The summed E-state index contributed by atoms with van der Waals surface area (Å²) in [5, 5.41) is 10.3. The maximum atomic E-state index is 12.3. The third-order valence-corrected chi connectivity index (χ3v) is 4.49. The summed E-state index contributed by atoms with van der Waals surface area (Å²) >= 11 is 0. The molecule has 0 atom stereocenters. The highest BCUT2D eigenvalue weighted by Crippen LogP contribution is 2.33. The van der Waals surface area contributed by atoms with Crippen molar-refractivity contribution in [1.82, 2.24) is 10.3 Å². The van der Waals surface area contributed by atoms with Gasteiger partial charge in [-0.3, -0.25) is 4.79 Å². The summed E-state index contributed by atoms with van der Waals surface area (Å²) in [6.45, 7) is 6.24. The molecule has 1 amide bonds. The van der Waals surface area contributed by atoms with Crippen LogP contribution in [0.3, 0.4) is 0 Å². The largest absolute Gasteiger partial charge is 0.493 e. The molecule has 0 bridgehead atoms. The minimum atomic E-state index is -0.382. The molecule has 1 heterocycles. The number of rotatable bonds is 7. The third kappa shape index (κ3) is 4.89. The van der Waals surface area contributed by atoms with E-state index in [-0.39, 0.29) is 23.7 Å². The third-order valence-electron chi connectivity index (χ3n) is 4.49. The molecular weight excluding hydrogens is 386 g/mol. The number of aromatic nitrogens is 2. The van der Waals surface area contributed by atoms with Gasteiger partial charge in [-0.2, -0.15) is 0 Å². The van der Waals surface area contributed by atoms with E-state index in [1.54, 1.807) is 25.3 Å². The fraction of sp³-hybridized carbons (Fsp3) is 0.318. The first kappa shape index (κ1) is 21.2. The minimum absolute atomic E-state index is 0.0520. The molecule has 0 radical (unpaired) electrons. The lowest BCUT2D eigenvalue weighted by Crippen LogP contribution is -2.20. The summed E-state index contributed by atoms with van der Waals surface area (Å²) in [4.78, 5) is 12.3. The van der Waals surface area contributed by atoms with E-state index in [0.29, 0.717) is 28.5 Å². The molecule has 0 fully saturated rings. The molecule has 0 unspecified atom stereocenters. The number of hydrogen-bond acceptors (Lipinski definition) is 7. The van der Waals surface area contributed by atoms with E-state index in [9.17, 15) is 4.79 Å². The first-order chi connectivity index (χ1) is 14.3. The number of benzene rings is 2. The van der Waals surface area contributed by atoms with Crippen molar-refractivity contribution in [3.8, 4) is 28.5 Å². The van der Waals surface area contributed by atoms with E-state index < -0.39 is 0 Å². The Morgan fingerprint density at radius 1 is 1.00 bits per heavy atom. The van der Waals surface area contributed by atoms with Gasteiger partial charge in [0.1, 0.15) is 5.75 Å². The van der Waals surface area contributed by atoms with Gasteiger partial charge < -0.3 is 19.5 Å². The fourth-order valence-electron chi connectivity index (χ4n) is 2.81. The lowest BCUT2D eigenvalue weighted by Gasteiger charge is -2.19. The highest BCUT2D eigenvalue weighted by molar-refractivity contribution is 5.94. The predicted molar refractivity (Wildman–Crippen MR) is 112 cm³/mol. The first-order valence-corrected chi connectivity index (χ1v) is 9.40. The molecule has 3 aromatic rings. The second kappa shape index (κ2) is 8.86. The summed E-state index contributed by atoms with van der Waals surface area (Å²) in [5.74, 6) is 1.52. The van der Waals surface area contributed by atoms with Gasteiger partial charge in [0.2, 0.25) is 5.82 Å². The molecule has 3 rings (SSSR count). The van der Waals surface area contributed by atoms with Crippen molar-refractivity contribution in [2.45, 2.75) is 26.2 Å². The van der Waals surface area contributed by atoms with E-state index in [4.69, 9.17) is 18.8 Å². The van der Waals surface area contributed by atoms with E-state index in [1.807, 2.05) is 24.3 Å². The van der Waals surface area contributed by atoms with Crippen LogP contribution >= 0.6 is 0 Å². The monoisotopic (exact) mass is 411 g/mol. The Labute approximate surface area is 175 Å². The van der Waals surface area contributed by atoms with Gasteiger partial charge in [-0.1, -0.05) is 32.9 Å². The van der Waals surface area contributed by atoms with Gasteiger partial charge in [0, 0.05) is 5.56 Å². The summed E-state index contributed by atoms with van der Waals surface area (Å²) in [5.41, 5.74) is 2.27. The fourth-order valence-corrected chi connectivity index (χ4v) is 2.81. The number of nitrogens with one attached hydrogen (secondary N) is 1. The molecule has 158 valence electrons. The topological polar surface area (TPSA) is 95.7 Å². The molecule has 0 saturated heterocycles. The predicted octanol–water partition coefficient (Wildman–Crippen LogP) is 4.07. The maximum absolute atomic E-state index is 12.3. The maximum Gasteiger partial charge on any atom is 0.263 e. The van der Waals surface area contributed by atoms with Gasteiger partial charge in [0.05, 0.1) is 14.2 Å². The van der Waals surface area contributed by atoms with Crippen LogP contribution in [0.15, 0.2) is 47.1 Å². The highest BCUT2D eigenvalue weighted by Gasteiger charge is 2.18. The number of carbonyl (C=O) groups excluding carboxylic acids is 1. The van der Waals surface area contributed by atoms with Crippen molar-refractivity contribution in [2.24, 2.45) is 0 Å². The molecule has 1 aromatic heterocycles.